The van der Waals surface area contributed by atoms with E-state index in [-0.39, 0.29) is 47.9 Å². The molecule has 0 saturated carbocycles. The third-order valence-corrected chi connectivity index (χ3v) is 13.3. The minimum Gasteiger partial charge on any atom is -0.512 e. The van der Waals surface area contributed by atoms with E-state index >= 15 is 0 Å². The molecule has 279 valence electrons. The predicted molar refractivity (Wildman–Crippen MR) is 222 cm³/mol. The molecule has 0 aliphatic carbocycles. The average Bonchev–Trinajstić information content (AvgIpc) is 3.70. The molecule has 52 heavy (non-hydrogen) atoms. The fourth-order valence-corrected chi connectivity index (χ4v) is 9.05. The molecule has 0 amide bonds. The first-order chi connectivity index (χ1) is 24.1. The van der Waals surface area contributed by atoms with Crippen LogP contribution in [-0.4, -0.2) is 20.9 Å². The van der Waals surface area contributed by atoms with Crippen LogP contribution in [0.25, 0.3) is 52.4 Å². The molecule has 0 aliphatic heterocycles. The summed E-state index contributed by atoms with van der Waals surface area (Å²) in [7, 11) is 0. The molecule has 4 nitrogen and oxygen atoms in total. The van der Waals surface area contributed by atoms with Gasteiger partial charge in [-0.25, -0.2) is 4.98 Å². The van der Waals surface area contributed by atoms with E-state index in [1.807, 2.05) is 64.2 Å². The van der Waals surface area contributed by atoms with Crippen LogP contribution in [0.15, 0.2) is 66.0 Å². The number of aromatic nitrogens is 2. The number of hydrogen-bond acceptors (Lipinski definition) is 6. The molecule has 3 heterocycles. The van der Waals surface area contributed by atoms with Gasteiger partial charge in [-0.1, -0.05) is 105 Å². The predicted octanol–water partition coefficient (Wildman–Crippen LogP) is 13.8. The molecule has 3 aromatic carbocycles. The zero-order chi connectivity index (χ0) is 37.3. The molecule has 0 aliphatic rings. The van der Waals surface area contributed by atoms with Gasteiger partial charge >= 0.3 is 0 Å². The normalized spacial score (nSPS) is 12.8. The van der Waals surface area contributed by atoms with E-state index < -0.39 is 0 Å². The van der Waals surface area contributed by atoms with Crippen molar-refractivity contribution in [1.82, 2.24) is 9.97 Å². The summed E-state index contributed by atoms with van der Waals surface area (Å²) in [5, 5.41) is 17.5. The Balaban J connectivity index is 0.000000289. The number of rotatable bonds is 10. The summed E-state index contributed by atoms with van der Waals surface area (Å²) in [6.07, 6.45) is 7.57. The van der Waals surface area contributed by atoms with E-state index in [2.05, 4.69) is 88.5 Å². The standard InChI is InChI=1S/C30H27N2S2.C15H28O2.Ir/c1-17(2)12-20-15-33-24-11-10-22-27-29(34-28(22)25(20)24)26(31-16-32-27)19-13-18-8-6-7-9-21(18)23(14-19)30(3,4)5;1-7-14(5,8-2)12(16)11-13(17)15(6,9-3)10-4;/h6-11,14-17H,12H2,1-5H3;11,16H,7-10H2,1-6H3;/q-1;;/b;12-11-;. The van der Waals surface area contributed by atoms with Crippen molar-refractivity contribution in [3.8, 4) is 11.3 Å². The summed E-state index contributed by atoms with van der Waals surface area (Å²) in [6, 6.07) is 19.0. The number of fused-ring (bicyclic) bond motifs is 6. The van der Waals surface area contributed by atoms with Gasteiger partial charge in [0.25, 0.3) is 0 Å². The van der Waals surface area contributed by atoms with Crippen molar-refractivity contribution >= 4 is 69.6 Å². The number of carbonyl (C=O) groups excluding carboxylic acids is 1. The Labute approximate surface area is 332 Å². The van der Waals surface area contributed by atoms with E-state index in [4.69, 9.17) is 9.97 Å². The number of nitrogens with zero attached hydrogens (tertiary/aromatic N) is 2. The van der Waals surface area contributed by atoms with Crippen molar-refractivity contribution in [2.75, 3.05) is 0 Å². The molecule has 7 heteroatoms. The second-order valence-electron chi connectivity index (χ2n) is 16.0. The number of hydrogen-bond donors (Lipinski definition) is 1. The van der Waals surface area contributed by atoms with Crippen LogP contribution in [0.1, 0.15) is 113 Å². The van der Waals surface area contributed by atoms with Crippen LogP contribution in [0.3, 0.4) is 0 Å². The monoisotopic (exact) mass is 912 g/mol. The molecule has 0 atom stereocenters. The summed E-state index contributed by atoms with van der Waals surface area (Å²) < 4.78 is 3.84. The fraction of sp³-hybridized carbons (Fsp3) is 0.444. The van der Waals surface area contributed by atoms with Crippen molar-refractivity contribution in [2.45, 2.75) is 114 Å². The Kier molecular flexibility index (Phi) is 13.3. The van der Waals surface area contributed by atoms with Crippen LogP contribution in [0, 0.1) is 22.8 Å². The SMILES string of the molecule is CC(C)Cc1csc2ccc3c4ncnc(-c5[c-]c6ccccc6c(C(C)(C)C)c5)c4sc3c12.CCC(C)(CC)C(=O)/C=C(\O)C(C)(CC)CC.[Ir]. The summed E-state index contributed by atoms with van der Waals surface area (Å²) >= 11 is 3.69. The van der Waals surface area contributed by atoms with Crippen molar-refractivity contribution < 1.29 is 30.0 Å². The Bertz CT molecular complexity index is 2210. The largest absolute Gasteiger partial charge is 0.512 e. The van der Waals surface area contributed by atoms with Gasteiger partial charge in [0.1, 0.15) is 12.1 Å². The van der Waals surface area contributed by atoms with E-state index in [0.717, 1.165) is 59.0 Å². The van der Waals surface area contributed by atoms with Crippen molar-refractivity contribution in [3.05, 3.63) is 83.2 Å². The first-order valence-electron chi connectivity index (χ1n) is 18.6. The van der Waals surface area contributed by atoms with Crippen molar-refractivity contribution in [2.24, 2.45) is 16.7 Å². The number of allylic oxidation sites excluding steroid dienone is 2. The second kappa shape index (κ2) is 16.6. The molecule has 1 N–H and O–H groups in total. The zero-order valence-electron chi connectivity index (χ0n) is 32.8. The first-order valence-corrected chi connectivity index (χ1v) is 20.3. The van der Waals surface area contributed by atoms with Crippen LogP contribution >= 0.6 is 22.7 Å². The molecule has 1 radical (unpaired) electrons. The van der Waals surface area contributed by atoms with Gasteiger partial charge < -0.3 is 5.11 Å². The number of benzene rings is 3. The zero-order valence-corrected chi connectivity index (χ0v) is 36.8. The summed E-state index contributed by atoms with van der Waals surface area (Å²) in [6.45, 7) is 23.5. The van der Waals surface area contributed by atoms with Crippen LogP contribution in [0.4, 0.5) is 0 Å². The third-order valence-electron chi connectivity index (χ3n) is 11.1. The van der Waals surface area contributed by atoms with Gasteiger partial charge in [-0.15, -0.1) is 51.8 Å². The van der Waals surface area contributed by atoms with Crippen LogP contribution < -0.4 is 0 Å². The molecule has 0 bridgehead atoms. The van der Waals surface area contributed by atoms with E-state index in [1.165, 1.54) is 42.8 Å². The molecule has 0 unspecified atom stereocenters. The maximum absolute atomic E-state index is 12.2. The van der Waals surface area contributed by atoms with Gasteiger partial charge in [-0.3, -0.25) is 9.78 Å². The molecule has 3 aromatic heterocycles. The number of thiophene rings is 2. The Morgan fingerprint density at radius 2 is 1.54 bits per heavy atom. The van der Waals surface area contributed by atoms with Gasteiger partial charge in [0.15, 0.2) is 5.78 Å². The Morgan fingerprint density at radius 3 is 2.15 bits per heavy atom. The Morgan fingerprint density at radius 1 is 0.885 bits per heavy atom. The van der Waals surface area contributed by atoms with Gasteiger partial charge in [0.05, 0.1) is 5.52 Å². The van der Waals surface area contributed by atoms with Crippen molar-refractivity contribution in [3.63, 3.8) is 0 Å². The molecule has 0 spiro atoms. The number of aliphatic hydroxyl groups is 1. The average molecular weight is 912 g/mol. The third kappa shape index (κ3) is 8.23. The maximum Gasteiger partial charge on any atom is 0.164 e. The van der Waals surface area contributed by atoms with Gasteiger partial charge in [-0.2, -0.15) is 0 Å². The molecular formula is C45H55IrN2O2S2-. The maximum atomic E-state index is 12.2. The topological polar surface area (TPSA) is 63.1 Å². The summed E-state index contributed by atoms with van der Waals surface area (Å²) in [5.74, 6) is 0.912. The fourth-order valence-electron chi connectivity index (χ4n) is 6.66. The minimum atomic E-state index is -0.337. The van der Waals surface area contributed by atoms with E-state index in [9.17, 15) is 9.90 Å². The van der Waals surface area contributed by atoms with Crippen LogP contribution in [0.2, 0.25) is 0 Å². The first kappa shape index (κ1) is 41.8. The van der Waals surface area contributed by atoms with Crippen LogP contribution in [0.5, 0.6) is 0 Å². The molecular weight excluding hydrogens is 857 g/mol. The van der Waals surface area contributed by atoms with Crippen molar-refractivity contribution in [1.29, 1.82) is 0 Å². The number of aliphatic hydroxyl groups excluding tert-OH is 1. The van der Waals surface area contributed by atoms with Gasteiger partial charge in [-0.05, 0) is 66.5 Å². The molecule has 0 saturated heterocycles. The van der Waals surface area contributed by atoms with E-state index in [1.54, 1.807) is 6.33 Å². The van der Waals surface area contributed by atoms with Gasteiger partial charge in [0.2, 0.25) is 0 Å². The molecule has 0 fully saturated rings. The smallest absolute Gasteiger partial charge is 0.164 e. The number of ketones is 1. The van der Waals surface area contributed by atoms with Gasteiger partial charge in [0, 0.05) is 67.6 Å². The Hall–Kier alpha value is -2.96. The molecule has 6 aromatic rings. The minimum absolute atomic E-state index is 0. The number of carbonyl (C=O) groups is 1. The molecule has 6 rings (SSSR count). The summed E-state index contributed by atoms with van der Waals surface area (Å²) in [5.41, 5.74) is 5.27. The van der Waals surface area contributed by atoms with E-state index in [0.29, 0.717) is 5.92 Å². The quantitative estimate of drug-likeness (QED) is 0.0845. The van der Waals surface area contributed by atoms with Crippen LogP contribution in [-0.2, 0) is 36.7 Å². The summed E-state index contributed by atoms with van der Waals surface area (Å²) in [4.78, 5) is 21.8. The second-order valence-corrected chi connectivity index (χ2v) is 17.9.